The van der Waals surface area contributed by atoms with E-state index >= 15 is 0 Å². The van der Waals surface area contributed by atoms with E-state index in [-0.39, 0.29) is 10.6 Å². The Kier molecular flexibility index (Phi) is 5.07. The van der Waals surface area contributed by atoms with Gasteiger partial charge in [-0.1, -0.05) is 12.1 Å². The fourth-order valence-corrected chi connectivity index (χ4v) is 3.70. The van der Waals surface area contributed by atoms with Crippen LogP contribution in [0.25, 0.3) is 11.3 Å². The number of para-hydroxylation sites is 1. The van der Waals surface area contributed by atoms with Gasteiger partial charge in [-0.25, -0.2) is 0 Å². The van der Waals surface area contributed by atoms with Gasteiger partial charge >= 0.3 is 0 Å². The summed E-state index contributed by atoms with van der Waals surface area (Å²) < 4.78 is 11.1. The first-order valence-corrected chi connectivity index (χ1v) is 9.47. The van der Waals surface area contributed by atoms with Gasteiger partial charge in [-0.05, 0) is 19.4 Å². The van der Waals surface area contributed by atoms with Gasteiger partial charge in [-0.15, -0.1) is 0 Å². The molecule has 8 heteroatoms. The molecule has 0 unspecified atom stereocenters. The monoisotopic (exact) mass is 394 g/mol. The molecule has 3 aromatic rings. The molecule has 1 aromatic heterocycles. The quantitative estimate of drug-likeness (QED) is 0.502. The number of methoxy groups -OCH3 is 1. The number of nitrogens with one attached hydrogen (secondary N) is 1. The molecule has 0 saturated carbocycles. The van der Waals surface area contributed by atoms with Crippen molar-refractivity contribution in [2.24, 2.45) is 0 Å². The van der Waals surface area contributed by atoms with Crippen LogP contribution in [-0.2, 0) is 13.0 Å². The molecule has 1 N–H and O–H groups in total. The smallest absolute Gasteiger partial charge is 0.278 e. The van der Waals surface area contributed by atoms with Gasteiger partial charge in [0, 0.05) is 42.1 Å². The molecule has 2 aromatic carbocycles. The third kappa shape index (κ3) is 3.61. The summed E-state index contributed by atoms with van der Waals surface area (Å²) in [5.74, 6) is 1.50. The molecule has 150 valence electrons. The molecule has 0 amide bonds. The van der Waals surface area contributed by atoms with E-state index in [1.54, 1.807) is 25.3 Å². The maximum absolute atomic E-state index is 11.4. The Morgan fingerprint density at radius 2 is 2.03 bits per heavy atom. The highest BCUT2D eigenvalue weighted by atomic mass is 16.6. The van der Waals surface area contributed by atoms with Crippen molar-refractivity contribution in [2.75, 3.05) is 25.2 Å². The predicted molar refractivity (Wildman–Crippen MR) is 110 cm³/mol. The lowest BCUT2D eigenvalue weighted by atomic mass is 9.98. The zero-order valence-corrected chi connectivity index (χ0v) is 16.3. The van der Waals surface area contributed by atoms with Gasteiger partial charge in [0.25, 0.3) is 5.69 Å². The second-order valence-electron chi connectivity index (χ2n) is 6.77. The number of rotatable bonds is 6. The Bertz CT molecular complexity index is 1050. The molecule has 1 aliphatic rings. The fourth-order valence-electron chi connectivity index (χ4n) is 3.70. The lowest BCUT2D eigenvalue weighted by molar-refractivity contribution is -0.384. The van der Waals surface area contributed by atoms with Crippen LogP contribution < -0.4 is 14.4 Å². The summed E-state index contributed by atoms with van der Waals surface area (Å²) in [7, 11) is 1.64. The Labute approximate surface area is 168 Å². The molecule has 0 radical (unpaired) electrons. The summed E-state index contributed by atoms with van der Waals surface area (Å²) in [6.07, 6.45) is 0.731. The zero-order chi connectivity index (χ0) is 20.4. The minimum atomic E-state index is -0.364. The molecule has 0 fully saturated rings. The SMILES string of the molecule is CCOc1cc(OC)cc(N2CCc3c(-c4ccccc4[N+](=O)[O-])n[nH]c3C2)c1. The van der Waals surface area contributed by atoms with Gasteiger partial charge in [-0.3, -0.25) is 15.2 Å². The molecular weight excluding hydrogens is 372 g/mol. The normalized spacial score (nSPS) is 13.1. The van der Waals surface area contributed by atoms with Gasteiger partial charge < -0.3 is 14.4 Å². The van der Waals surface area contributed by atoms with Crippen LogP contribution in [0.15, 0.2) is 42.5 Å². The van der Waals surface area contributed by atoms with Crippen LogP contribution >= 0.6 is 0 Å². The molecule has 0 aliphatic carbocycles. The number of nitro benzene ring substituents is 1. The van der Waals surface area contributed by atoms with Crippen molar-refractivity contribution < 1.29 is 14.4 Å². The van der Waals surface area contributed by atoms with E-state index in [4.69, 9.17) is 9.47 Å². The Morgan fingerprint density at radius 3 is 2.79 bits per heavy atom. The molecule has 4 rings (SSSR count). The molecule has 2 heterocycles. The van der Waals surface area contributed by atoms with Crippen LogP contribution in [0, 0.1) is 10.1 Å². The number of hydrogen-bond donors (Lipinski definition) is 1. The highest BCUT2D eigenvalue weighted by Crippen LogP contribution is 2.36. The number of nitro groups is 1. The van der Waals surface area contributed by atoms with Crippen LogP contribution in [0.1, 0.15) is 18.2 Å². The number of aromatic nitrogens is 2. The van der Waals surface area contributed by atoms with E-state index in [1.165, 1.54) is 6.07 Å². The summed E-state index contributed by atoms with van der Waals surface area (Å²) in [5, 5.41) is 18.9. The van der Waals surface area contributed by atoms with Crippen LogP contribution in [0.2, 0.25) is 0 Å². The van der Waals surface area contributed by atoms with Gasteiger partial charge in [0.2, 0.25) is 0 Å². The summed E-state index contributed by atoms with van der Waals surface area (Å²) in [6.45, 7) is 3.92. The van der Waals surface area contributed by atoms with Crippen LogP contribution in [0.5, 0.6) is 11.5 Å². The first-order valence-electron chi connectivity index (χ1n) is 9.47. The summed E-state index contributed by atoms with van der Waals surface area (Å²) in [4.78, 5) is 13.3. The van der Waals surface area contributed by atoms with Crippen LogP contribution in [0.3, 0.4) is 0 Å². The number of ether oxygens (including phenoxy) is 2. The molecule has 0 spiro atoms. The summed E-state index contributed by atoms with van der Waals surface area (Å²) in [6, 6.07) is 12.6. The number of hydrogen-bond acceptors (Lipinski definition) is 6. The maximum Gasteiger partial charge on any atom is 0.278 e. The lowest BCUT2D eigenvalue weighted by Gasteiger charge is -2.29. The van der Waals surface area contributed by atoms with Crippen molar-refractivity contribution in [2.45, 2.75) is 19.9 Å². The van der Waals surface area contributed by atoms with Crippen molar-refractivity contribution in [3.05, 3.63) is 63.8 Å². The first-order chi connectivity index (χ1) is 14.1. The minimum Gasteiger partial charge on any atom is -0.497 e. The molecule has 29 heavy (non-hydrogen) atoms. The van der Waals surface area contributed by atoms with Crippen molar-refractivity contribution >= 4 is 11.4 Å². The van der Waals surface area contributed by atoms with Gasteiger partial charge in [0.15, 0.2) is 0 Å². The molecule has 0 bridgehead atoms. The Balaban J connectivity index is 1.65. The first kappa shape index (κ1) is 18.8. The number of anilines is 1. The molecular formula is C21H22N4O4. The lowest BCUT2D eigenvalue weighted by Crippen LogP contribution is -2.30. The highest BCUT2D eigenvalue weighted by molar-refractivity contribution is 5.74. The predicted octanol–water partition coefficient (Wildman–Crippen LogP) is 3.95. The average molecular weight is 394 g/mol. The fraction of sp³-hybridized carbons (Fsp3) is 0.286. The second-order valence-corrected chi connectivity index (χ2v) is 6.77. The van der Waals surface area contributed by atoms with Crippen molar-refractivity contribution in [1.82, 2.24) is 10.2 Å². The number of benzene rings is 2. The van der Waals surface area contributed by atoms with Crippen LogP contribution in [-0.4, -0.2) is 35.4 Å². The van der Waals surface area contributed by atoms with E-state index in [1.807, 2.05) is 25.1 Å². The minimum absolute atomic E-state index is 0.0679. The average Bonchev–Trinajstić information content (AvgIpc) is 3.16. The number of fused-ring (bicyclic) bond motifs is 1. The van der Waals surface area contributed by atoms with E-state index in [0.717, 1.165) is 41.4 Å². The maximum atomic E-state index is 11.4. The largest absolute Gasteiger partial charge is 0.497 e. The molecule has 0 saturated heterocycles. The van der Waals surface area contributed by atoms with Gasteiger partial charge in [0.05, 0.1) is 36.4 Å². The Morgan fingerprint density at radius 1 is 1.24 bits per heavy atom. The highest BCUT2D eigenvalue weighted by Gasteiger charge is 2.26. The molecule has 0 atom stereocenters. The topological polar surface area (TPSA) is 93.5 Å². The van der Waals surface area contributed by atoms with Gasteiger partial charge in [-0.2, -0.15) is 5.10 Å². The van der Waals surface area contributed by atoms with E-state index in [9.17, 15) is 10.1 Å². The van der Waals surface area contributed by atoms with Gasteiger partial charge in [0.1, 0.15) is 17.2 Å². The number of H-pyrrole nitrogens is 1. The molecule has 1 aliphatic heterocycles. The summed E-state index contributed by atoms with van der Waals surface area (Å²) >= 11 is 0. The zero-order valence-electron chi connectivity index (χ0n) is 16.3. The Hall–Kier alpha value is -3.55. The second kappa shape index (κ2) is 7.83. The third-order valence-electron chi connectivity index (χ3n) is 5.07. The number of aromatic amines is 1. The van der Waals surface area contributed by atoms with Crippen molar-refractivity contribution in [3.63, 3.8) is 0 Å². The standard InChI is InChI=1S/C21H22N4O4/c1-3-29-16-11-14(10-15(12-16)28-2)24-9-8-17-19(13-24)22-23-21(17)18-6-4-5-7-20(18)25(26)27/h4-7,10-12H,3,8-9,13H2,1-2H3,(H,22,23). The summed E-state index contributed by atoms with van der Waals surface area (Å²) in [5.41, 5.74) is 4.27. The van der Waals surface area contributed by atoms with E-state index in [0.29, 0.717) is 24.4 Å². The van der Waals surface area contributed by atoms with E-state index in [2.05, 4.69) is 15.1 Å². The number of nitrogens with zero attached hydrogens (tertiary/aromatic N) is 3. The molecule has 8 nitrogen and oxygen atoms in total. The van der Waals surface area contributed by atoms with Crippen molar-refractivity contribution in [1.29, 1.82) is 0 Å². The van der Waals surface area contributed by atoms with E-state index < -0.39 is 0 Å². The third-order valence-corrected chi connectivity index (χ3v) is 5.07. The van der Waals surface area contributed by atoms with Crippen molar-refractivity contribution in [3.8, 4) is 22.8 Å². The van der Waals surface area contributed by atoms with Crippen LogP contribution in [0.4, 0.5) is 11.4 Å².